The highest BCUT2D eigenvalue weighted by molar-refractivity contribution is 6.30. The summed E-state index contributed by atoms with van der Waals surface area (Å²) in [6, 6.07) is 3.58. The molecule has 7 heteroatoms. The number of rotatable bonds is 4. The Labute approximate surface area is 126 Å². The van der Waals surface area contributed by atoms with Crippen LogP contribution in [0.5, 0.6) is 0 Å². The summed E-state index contributed by atoms with van der Waals surface area (Å²) in [7, 11) is 0. The summed E-state index contributed by atoms with van der Waals surface area (Å²) in [6.45, 7) is 2.59. The van der Waals surface area contributed by atoms with E-state index >= 15 is 0 Å². The minimum Gasteiger partial charge on any atom is -0.314 e. The fourth-order valence-electron chi connectivity index (χ4n) is 2.60. The van der Waals surface area contributed by atoms with Crippen molar-refractivity contribution >= 4 is 11.6 Å². The first kappa shape index (κ1) is 16.5. The smallest absolute Gasteiger partial charge is 0.314 e. The van der Waals surface area contributed by atoms with Crippen LogP contribution in [0.1, 0.15) is 24.4 Å². The lowest BCUT2D eigenvalue weighted by atomic mass is 9.98. The number of nitrogens with zero attached hydrogens (tertiary/aromatic N) is 1. The molecule has 0 amide bonds. The molecule has 0 radical (unpaired) electrons. The molecule has 1 fully saturated rings. The van der Waals surface area contributed by atoms with E-state index in [0.29, 0.717) is 26.2 Å². The fourth-order valence-corrected chi connectivity index (χ4v) is 2.76. The highest BCUT2D eigenvalue weighted by atomic mass is 35.5. The molecule has 0 aliphatic carbocycles. The number of hydrogen-bond acceptors (Lipinski definition) is 2. The van der Waals surface area contributed by atoms with Crippen LogP contribution >= 0.6 is 11.6 Å². The molecule has 1 aromatic carbocycles. The summed E-state index contributed by atoms with van der Waals surface area (Å²) in [4.78, 5) is 1.90. The molecular weight excluding hydrogens is 308 g/mol. The summed E-state index contributed by atoms with van der Waals surface area (Å²) >= 11 is 5.71. The molecule has 118 valence electrons. The predicted molar refractivity (Wildman–Crippen MR) is 73.9 cm³/mol. The zero-order valence-electron chi connectivity index (χ0n) is 11.4. The van der Waals surface area contributed by atoms with Crippen molar-refractivity contribution in [3.05, 3.63) is 34.6 Å². The van der Waals surface area contributed by atoms with E-state index in [1.165, 1.54) is 12.1 Å². The SMILES string of the molecule is Fc1cc(Cl)ccc1[C@@H](CCC(F)(F)F)N1CCNCC1. The molecule has 0 aromatic heterocycles. The fraction of sp³-hybridized carbons (Fsp3) is 0.571. The average Bonchev–Trinajstić information content (AvgIpc) is 2.41. The Balaban J connectivity index is 2.21. The normalized spacial score (nSPS) is 18.7. The monoisotopic (exact) mass is 324 g/mol. The molecule has 1 heterocycles. The van der Waals surface area contributed by atoms with Crippen LogP contribution in [0.2, 0.25) is 5.02 Å². The van der Waals surface area contributed by atoms with Crippen molar-refractivity contribution in [2.24, 2.45) is 0 Å². The molecule has 1 atom stereocenters. The van der Waals surface area contributed by atoms with Crippen molar-refractivity contribution in [2.45, 2.75) is 25.1 Å². The van der Waals surface area contributed by atoms with E-state index in [4.69, 9.17) is 11.6 Å². The number of nitrogens with one attached hydrogen (secondary N) is 1. The first-order valence-electron chi connectivity index (χ1n) is 6.83. The first-order valence-corrected chi connectivity index (χ1v) is 7.21. The van der Waals surface area contributed by atoms with Gasteiger partial charge in [-0.2, -0.15) is 13.2 Å². The molecule has 1 aliphatic heterocycles. The van der Waals surface area contributed by atoms with Gasteiger partial charge in [-0.1, -0.05) is 17.7 Å². The highest BCUT2D eigenvalue weighted by Gasteiger charge is 2.32. The molecule has 1 N–H and O–H groups in total. The molecule has 2 rings (SSSR count). The number of piperazine rings is 1. The van der Waals surface area contributed by atoms with Gasteiger partial charge in [-0.3, -0.25) is 4.90 Å². The van der Waals surface area contributed by atoms with Gasteiger partial charge in [-0.05, 0) is 18.6 Å². The third-order valence-corrected chi connectivity index (χ3v) is 3.85. The zero-order valence-corrected chi connectivity index (χ0v) is 12.1. The van der Waals surface area contributed by atoms with E-state index in [2.05, 4.69) is 5.32 Å². The highest BCUT2D eigenvalue weighted by Crippen LogP contribution is 2.33. The van der Waals surface area contributed by atoms with Crippen LogP contribution in [0.25, 0.3) is 0 Å². The first-order chi connectivity index (χ1) is 9.87. The molecule has 0 saturated carbocycles. The quantitative estimate of drug-likeness (QED) is 0.848. The molecule has 1 aromatic rings. The van der Waals surface area contributed by atoms with Gasteiger partial charge in [0.05, 0.1) is 0 Å². The molecular formula is C14H17ClF4N2. The van der Waals surface area contributed by atoms with Gasteiger partial charge < -0.3 is 5.32 Å². The Morgan fingerprint density at radius 1 is 1.24 bits per heavy atom. The number of benzene rings is 1. The lowest BCUT2D eigenvalue weighted by Gasteiger charge is -2.35. The van der Waals surface area contributed by atoms with Crippen LogP contribution in [-0.2, 0) is 0 Å². The summed E-state index contributed by atoms with van der Waals surface area (Å²) in [6.07, 6.45) is -5.32. The summed E-state index contributed by atoms with van der Waals surface area (Å²) in [5, 5.41) is 3.38. The van der Waals surface area contributed by atoms with Crippen molar-refractivity contribution < 1.29 is 17.6 Å². The van der Waals surface area contributed by atoms with E-state index in [1.54, 1.807) is 0 Å². The van der Waals surface area contributed by atoms with Crippen LogP contribution in [-0.4, -0.2) is 37.3 Å². The van der Waals surface area contributed by atoms with Gasteiger partial charge in [0, 0.05) is 49.2 Å². The van der Waals surface area contributed by atoms with Crippen molar-refractivity contribution in [1.82, 2.24) is 10.2 Å². The van der Waals surface area contributed by atoms with Crippen LogP contribution < -0.4 is 5.32 Å². The van der Waals surface area contributed by atoms with Crippen molar-refractivity contribution in [2.75, 3.05) is 26.2 Å². The maximum Gasteiger partial charge on any atom is 0.389 e. The molecule has 2 nitrogen and oxygen atoms in total. The molecule has 0 spiro atoms. The predicted octanol–water partition coefficient (Wildman–Crippen LogP) is 3.77. The van der Waals surface area contributed by atoms with Gasteiger partial charge in [-0.15, -0.1) is 0 Å². The maximum atomic E-state index is 14.1. The van der Waals surface area contributed by atoms with Gasteiger partial charge in [0.2, 0.25) is 0 Å². The summed E-state index contributed by atoms with van der Waals surface area (Å²) in [5.41, 5.74) is 0.283. The molecule has 1 aliphatic rings. The third kappa shape index (κ3) is 4.83. The lowest BCUT2D eigenvalue weighted by molar-refractivity contribution is -0.138. The Morgan fingerprint density at radius 2 is 1.90 bits per heavy atom. The second-order valence-corrected chi connectivity index (χ2v) is 5.56. The van der Waals surface area contributed by atoms with Gasteiger partial charge in [0.25, 0.3) is 0 Å². The van der Waals surface area contributed by atoms with Gasteiger partial charge >= 0.3 is 6.18 Å². The molecule has 0 bridgehead atoms. The number of hydrogen-bond donors (Lipinski definition) is 1. The van der Waals surface area contributed by atoms with Crippen LogP contribution in [0.15, 0.2) is 18.2 Å². The topological polar surface area (TPSA) is 15.3 Å². The van der Waals surface area contributed by atoms with E-state index in [1.807, 2.05) is 4.90 Å². The maximum absolute atomic E-state index is 14.1. The van der Waals surface area contributed by atoms with E-state index in [-0.39, 0.29) is 17.0 Å². The van der Waals surface area contributed by atoms with Crippen molar-refractivity contribution in [3.63, 3.8) is 0 Å². The van der Waals surface area contributed by atoms with Gasteiger partial charge in [0.15, 0.2) is 0 Å². The lowest BCUT2D eigenvalue weighted by Crippen LogP contribution is -2.45. The van der Waals surface area contributed by atoms with Crippen molar-refractivity contribution in [3.8, 4) is 0 Å². The zero-order chi connectivity index (χ0) is 15.5. The second kappa shape index (κ2) is 6.94. The third-order valence-electron chi connectivity index (χ3n) is 3.62. The summed E-state index contributed by atoms with van der Waals surface area (Å²) < 4.78 is 51.6. The molecule has 0 unspecified atom stereocenters. The van der Waals surface area contributed by atoms with E-state index in [9.17, 15) is 17.6 Å². The van der Waals surface area contributed by atoms with Crippen molar-refractivity contribution in [1.29, 1.82) is 0 Å². The minimum atomic E-state index is -4.24. The second-order valence-electron chi connectivity index (χ2n) is 5.12. The number of alkyl halides is 3. The Kier molecular flexibility index (Phi) is 5.46. The van der Waals surface area contributed by atoms with Crippen LogP contribution in [0, 0.1) is 5.82 Å². The average molecular weight is 325 g/mol. The largest absolute Gasteiger partial charge is 0.389 e. The Morgan fingerprint density at radius 3 is 2.48 bits per heavy atom. The van der Waals surface area contributed by atoms with Gasteiger partial charge in [0.1, 0.15) is 5.82 Å². The summed E-state index contributed by atoms with van der Waals surface area (Å²) in [5.74, 6) is -0.548. The van der Waals surface area contributed by atoms with Crippen LogP contribution in [0.4, 0.5) is 17.6 Å². The van der Waals surface area contributed by atoms with Crippen LogP contribution in [0.3, 0.4) is 0 Å². The van der Waals surface area contributed by atoms with Gasteiger partial charge in [-0.25, -0.2) is 4.39 Å². The van der Waals surface area contributed by atoms with E-state index < -0.39 is 24.5 Å². The Hall–Kier alpha value is -0.850. The van der Waals surface area contributed by atoms with E-state index in [0.717, 1.165) is 6.07 Å². The molecule has 21 heavy (non-hydrogen) atoms. The minimum absolute atomic E-state index is 0.151. The molecule has 1 saturated heterocycles. The number of halogens is 5. The Bertz CT molecular complexity index is 473. The standard InChI is InChI=1S/C14H17ClF4N2/c15-10-1-2-11(12(16)9-10)13(3-4-14(17,18)19)21-7-5-20-6-8-21/h1-2,9,13,20H,3-8H2/t13-/m1/s1.